The Kier molecular flexibility index (Phi) is 7.23. The number of methoxy groups -OCH3 is 3. The van der Waals surface area contributed by atoms with Gasteiger partial charge >= 0.3 is 5.97 Å². The first-order valence-electron chi connectivity index (χ1n) is 11.4. The van der Waals surface area contributed by atoms with E-state index in [1.807, 2.05) is 17.7 Å². The summed E-state index contributed by atoms with van der Waals surface area (Å²) < 4.78 is 17.4. The number of likely N-dealkylation sites (tertiary alicyclic amines) is 1. The summed E-state index contributed by atoms with van der Waals surface area (Å²) in [6, 6.07) is 9.15. The van der Waals surface area contributed by atoms with Crippen LogP contribution in [0, 0.1) is 6.92 Å². The van der Waals surface area contributed by atoms with Gasteiger partial charge in [-0.3, -0.25) is 9.59 Å². The second-order valence-electron chi connectivity index (χ2n) is 8.36. The first kappa shape index (κ1) is 24.8. The van der Waals surface area contributed by atoms with Crippen LogP contribution < -0.4 is 14.8 Å². The average molecular weight is 493 g/mol. The number of anilines is 1. The van der Waals surface area contributed by atoms with E-state index in [0.717, 1.165) is 11.4 Å². The second kappa shape index (κ2) is 10.5. The van der Waals surface area contributed by atoms with Gasteiger partial charge in [0.05, 0.1) is 50.3 Å². The highest BCUT2D eigenvalue weighted by molar-refractivity contribution is 6.02. The van der Waals surface area contributed by atoms with Gasteiger partial charge in [-0.15, -0.1) is 0 Å². The molecular formula is C26H28N4O6. The number of esters is 1. The molecule has 0 radical (unpaired) electrons. The molecule has 1 aliphatic rings. The molecule has 1 fully saturated rings. The Morgan fingerprint density at radius 3 is 2.39 bits per heavy atom. The van der Waals surface area contributed by atoms with Gasteiger partial charge in [-0.25, -0.2) is 9.78 Å². The van der Waals surface area contributed by atoms with Crippen molar-refractivity contribution in [2.45, 2.75) is 25.8 Å². The number of carbonyl (C=O) groups excluding carboxylic acids is 3. The molecule has 10 nitrogen and oxygen atoms in total. The van der Waals surface area contributed by atoms with E-state index in [9.17, 15) is 14.4 Å². The number of carbonyl (C=O) groups is 3. The molecule has 1 N–H and O–H groups in total. The van der Waals surface area contributed by atoms with Crippen molar-refractivity contribution in [3.05, 3.63) is 65.7 Å². The molecule has 2 aromatic carbocycles. The van der Waals surface area contributed by atoms with E-state index < -0.39 is 12.0 Å². The molecule has 1 unspecified atom stereocenters. The van der Waals surface area contributed by atoms with Gasteiger partial charge in [0.1, 0.15) is 17.5 Å². The van der Waals surface area contributed by atoms with E-state index in [-0.39, 0.29) is 11.8 Å². The second-order valence-corrected chi connectivity index (χ2v) is 8.36. The Labute approximate surface area is 208 Å². The number of amides is 2. The topological polar surface area (TPSA) is 112 Å². The number of nitrogens with one attached hydrogen (secondary N) is 1. The number of aryl methyl sites for hydroxylation is 1. The molecular weight excluding hydrogens is 464 g/mol. The highest BCUT2D eigenvalue weighted by atomic mass is 16.5. The van der Waals surface area contributed by atoms with Crippen LogP contribution in [0.2, 0.25) is 0 Å². The first-order valence-corrected chi connectivity index (χ1v) is 11.4. The fourth-order valence-electron chi connectivity index (χ4n) is 4.28. The molecule has 10 heteroatoms. The smallest absolute Gasteiger partial charge is 0.337 e. The van der Waals surface area contributed by atoms with Crippen molar-refractivity contribution in [1.29, 1.82) is 0 Å². The number of hydrogen-bond acceptors (Lipinski definition) is 7. The Bertz CT molecular complexity index is 1300. The summed E-state index contributed by atoms with van der Waals surface area (Å²) in [7, 11) is 4.28. The number of imidazole rings is 1. The van der Waals surface area contributed by atoms with E-state index in [1.165, 1.54) is 26.4 Å². The minimum atomic E-state index is -0.649. The normalized spacial score (nSPS) is 14.9. The highest BCUT2D eigenvalue weighted by Crippen LogP contribution is 2.30. The van der Waals surface area contributed by atoms with E-state index in [0.29, 0.717) is 47.7 Å². The van der Waals surface area contributed by atoms with E-state index in [4.69, 9.17) is 14.2 Å². The molecule has 1 aromatic heterocycles. The highest BCUT2D eigenvalue weighted by Gasteiger charge is 2.35. The van der Waals surface area contributed by atoms with Gasteiger partial charge in [0, 0.05) is 18.3 Å². The van der Waals surface area contributed by atoms with E-state index in [1.54, 1.807) is 42.6 Å². The Morgan fingerprint density at radius 1 is 1.00 bits per heavy atom. The van der Waals surface area contributed by atoms with Gasteiger partial charge in [0.25, 0.3) is 5.91 Å². The zero-order valence-electron chi connectivity index (χ0n) is 20.6. The predicted octanol–water partition coefficient (Wildman–Crippen LogP) is 3.23. The van der Waals surface area contributed by atoms with E-state index >= 15 is 0 Å². The largest absolute Gasteiger partial charge is 0.495 e. The molecule has 0 saturated carbocycles. The van der Waals surface area contributed by atoms with Gasteiger partial charge < -0.3 is 29.0 Å². The molecule has 1 atom stereocenters. The molecule has 36 heavy (non-hydrogen) atoms. The molecule has 3 aromatic rings. The number of hydrogen-bond donors (Lipinski definition) is 1. The van der Waals surface area contributed by atoms with Crippen LogP contribution in [-0.2, 0) is 9.53 Å². The molecule has 0 bridgehead atoms. The minimum Gasteiger partial charge on any atom is -0.495 e. The maximum atomic E-state index is 13.4. The van der Waals surface area contributed by atoms with Gasteiger partial charge in [-0.2, -0.15) is 0 Å². The lowest BCUT2D eigenvalue weighted by Crippen LogP contribution is -2.43. The van der Waals surface area contributed by atoms with Crippen LogP contribution in [0.3, 0.4) is 0 Å². The number of nitrogens with zero attached hydrogens (tertiary/aromatic N) is 3. The van der Waals surface area contributed by atoms with E-state index in [2.05, 4.69) is 10.3 Å². The fourth-order valence-corrected chi connectivity index (χ4v) is 4.28. The van der Waals surface area contributed by atoms with Gasteiger partial charge in [0.15, 0.2) is 0 Å². The lowest BCUT2D eigenvalue weighted by atomic mass is 10.1. The van der Waals surface area contributed by atoms with Crippen molar-refractivity contribution < 1.29 is 28.6 Å². The zero-order chi connectivity index (χ0) is 25.8. The quantitative estimate of drug-likeness (QED) is 0.504. The lowest BCUT2D eigenvalue weighted by Gasteiger charge is -2.25. The SMILES string of the molecule is COC(=O)c1ccc(NC(=O)C2CCCN2C(=O)c2ccc(-n3cnc(C)c3)c(OC)c2)c(OC)c1. The lowest BCUT2D eigenvalue weighted by molar-refractivity contribution is -0.119. The molecule has 188 valence electrons. The van der Waals surface area contributed by atoms with Crippen LogP contribution in [0.15, 0.2) is 48.9 Å². The van der Waals surface area contributed by atoms with Crippen LogP contribution in [0.5, 0.6) is 11.5 Å². The minimum absolute atomic E-state index is 0.257. The Morgan fingerprint density at radius 2 is 1.72 bits per heavy atom. The summed E-state index contributed by atoms with van der Waals surface area (Å²) in [5, 5.41) is 2.83. The molecule has 0 spiro atoms. The third-order valence-corrected chi connectivity index (χ3v) is 6.11. The summed E-state index contributed by atoms with van der Waals surface area (Å²) in [5.74, 6) is -0.260. The van der Waals surface area contributed by atoms with Crippen molar-refractivity contribution in [2.24, 2.45) is 0 Å². The van der Waals surface area contributed by atoms with Crippen LogP contribution >= 0.6 is 0 Å². The number of benzene rings is 2. The van der Waals surface area contributed by atoms with Gasteiger partial charge in [-0.1, -0.05) is 0 Å². The summed E-state index contributed by atoms with van der Waals surface area (Å²) in [4.78, 5) is 44.2. The third kappa shape index (κ3) is 4.88. The van der Waals surface area contributed by atoms with Gasteiger partial charge in [-0.05, 0) is 56.2 Å². The molecule has 2 amide bonds. The Hall–Kier alpha value is -4.34. The Balaban J connectivity index is 1.53. The van der Waals surface area contributed by atoms with Crippen LogP contribution in [0.1, 0.15) is 39.3 Å². The fraction of sp³-hybridized carbons (Fsp3) is 0.308. The van der Waals surface area contributed by atoms with Crippen LogP contribution in [0.25, 0.3) is 5.69 Å². The van der Waals surface area contributed by atoms with Crippen molar-refractivity contribution in [3.8, 4) is 17.2 Å². The zero-order valence-corrected chi connectivity index (χ0v) is 20.6. The number of rotatable bonds is 7. The summed E-state index contributed by atoms with van der Waals surface area (Å²) in [6.07, 6.45) is 4.78. The number of ether oxygens (including phenoxy) is 3. The third-order valence-electron chi connectivity index (χ3n) is 6.11. The average Bonchev–Trinajstić information content (AvgIpc) is 3.57. The maximum absolute atomic E-state index is 13.4. The molecule has 1 aliphatic heterocycles. The van der Waals surface area contributed by atoms with Crippen LogP contribution in [0.4, 0.5) is 5.69 Å². The van der Waals surface area contributed by atoms with Crippen molar-refractivity contribution in [2.75, 3.05) is 33.2 Å². The maximum Gasteiger partial charge on any atom is 0.337 e. The molecule has 4 rings (SSSR count). The predicted molar refractivity (Wildman–Crippen MR) is 132 cm³/mol. The first-order chi connectivity index (χ1) is 17.4. The summed E-state index contributed by atoms with van der Waals surface area (Å²) in [5.41, 5.74) is 2.74. The van der Waals surface area contributed by atoms with Gasteiger partial charge in [0.2, 0.25) is 5.91 Å². The number of aromatic nitrogens is 2. The van der Waals surface area contributed by atoms with Crippen molar-refractivity contribution in [1.82, 2.24) is 14.5 Å². The van der Waals surface area contributed by atoms with Crippen LogP contribution in [-0.4, -0.2) is 66.2 Å². The van der Waals surface area contributed by atoms with Crippen molar-refractivity contribution in [3.63, 3.8) is 0 Å². The molecule has 0 aliphatic carbocycles. The summed E-state index contributed by atoms with van der Waals surface area (Å²) >= 11 is 0. The summed E-state index contributed by atoms with van der Waals surface area (Å²) in [6.45, 7) is 2.35. The standard InChI is InChI=1S/C26H28N4O6/c1-16-14-29(15-27-16)20-10-8-17(12-23(20)35-3)25(32)30-11-5-6-21(30)24(31)28-19-9-7-18(26(33)36-4)13-22(19)34-2/h7-10,12-15,21H,5-6,11H2,1-4H3,(H,28,31). The monoisotopic (exact) mass is 492 g/mol. The van der Waals surface area contributed by atoms with Crippen molar-refractivity contribution >= 4 is 23.5 Å². The molecule has 1 saturated heterocycles. The molecule has 2 heterocycles.